The van der Waals surface area contributed by atoms with Crippen LogP contribution in [0.15, 0.2) is 18.5 Å². The van der Waals surface area contributed by atoms with Gasteiger partial charge >= 0.3 is 0 Å². The van der Waals surface area contributed by atoms with Gasteiger partial charge in [-0.1, -0.05) is 6.07 Å². The van der Waals surface area contributed by atoms with Gasteiger partial charge in [-0.3, -0.25) is 0 Å². The average molecular weight is 242 g/mol. The van der Waals surface area contributed by atoms with E-state index in [0.717, 1.165) is 0 Å². The van der Waals surface area contributed by atoms with Crippen molar-refractivity contribution in [1.82, 2.24) is 15.0 Å². The molecule has 1 N–H and O–H groups in total. The normalized spacial score (nSPS) is 10.0. The van der Waals surface area contributed by atoms with Crippen molar-refractivity contribution < 1.29 is 4.74 Å². The van der Waals surface area contributed by atoms with Crippen LogP contribution >= 0.6 is 0 Å². The number of ether oxygens (including phenoxy) is 1. The molecule has 0 aliphatic rings. The lowest BCUT2D eigenvalue weighted by molar-refractivity contribution is 0.412. The maximum absolute atomic E-state index is 5.22. The number of methoxy groups -OCH3 is 1. The van der Waals surface area contributed by atoms with E-state index in [1.165, 1.54) is 0 Å². The summed E-state index contributed by atoms with van der Waals surface area (Å²) in [5, 5.41) is 3.21. The van der Waals surface area contributed by atoms with E-state index < -0.39 is 0 Å². The van der Waals surface area contributed by atoms with Crippen LogP contribution in [0.5, 0.6) is 5.75 Å². The molecule has 0 bridgehead atoms. The zero-order valence-corrected chi connectivity index (χ0v) is 10.6. The standard InChI is InChI=1S/C13H14N4O/c1-9(2)16-13-11(18-3)8-15-12(17-13)10-6-4-5-7-14-10/h6-9H,1-3H3,(H,15,16,17). The highest BCUT2D eigenvalue weighted by Gasteiger charge is 2.10. The van der Waals surface area contributed by atoms with Crippen molar-refractivity contribution in [2.75, 3.05) is 12.4 Å². The number of hydrogen-bond donors (Lipinski definition) is 1. The number of rotatable bonds is 4. The van der Waals surface area contributed by atoms with E-state index in [1.54, 1.807) is 25.6 Å². The maximum atomic E-state index is 5.22. The van der Waals surface area contributed by atoms with E-state index in [0.29, 0.717) is 23.1 Å². The van der Waals surface area contributed by atoms with Crippen molar-refractivity contribution in [3.05, 3.63) is 30.6 Å². The van der Waals surface area contributed by atoms with E-state index in [-0.39, 0.29) is 6.04 Å². The Hall–Kier alpha value is -2.35. The van der Waals surface area contributed by atoms with Crippen molar-refractivity contribution in [3.63, 3.8) is 0 Å². The molecule has 92 valence electrons. The zero-order chi connectivity index (χ0) is 13.0. The highest BCUT2D eigenvalue weighted by molar-refractivity contribution is 5.57. The van der Waals surface area contributed by atoms with Crippen molar-refractivity contribution in [2.24, 2.45) is 0 Å². The molecule has 0 radical (unpaired) electrons. The predicted octanol–water partition coefficient (Wildman–Crippen LogP) is 1.97. The summed E-state index contributed by atoms with van der Waals surface area (Å²) in [7, 11) is 1.59. The van der Waals surface area contributed by atoms with Crippen LogP contribution in [0.2, 0.25) is 0 Å². The summed E-state index contributed by atoms with van der Waals surface area (Å²) in [6, 6.07) is 7.52. The molecule has 0 fully saturated rings. The number of hydrogen-bond acceptors (Lipinski definition) is 5. The van der Waals surface area contributed by atoms with Gasteiger partial charge in [-0.25, -0.2) is 15.0 Å². The van der Waals surface area contributed by atoms with Crippen LogP contribution in [0.25, 0.3) is 11.5 Å². The minimum absolute atomic E-state index is 0.255. The minimum Gasteiger partial charge on any atom is -0.491 e. The lowest BCUT2D eigenvalue weighted by atomic mass is 10.3. The molecular weight excluding hydrogens is 228 g/mol. The second-order valence-corrected chi connectivity index (χ2v) is 3.99. The minimum atomic E-state index is 0.255. The third kappa shape index (κ3) is 2.66. The Morgan fingerprint density at radius 1 is 1.28 bits per heavy atom. The fourth-order valence-electron chi connectivity index (χ4n) is 1.43. The third-order valence-corrected chi connectivity index (χ3v) is 2.19. The van der Waals surface area contributed by atoms with Crippen LogP contribution in [0.4, 0.5) is 5.82 Å². The smallest absolute Gasteiger partial charge is 0.181 e. The van der Waals surface area contributed by atoms with Crippen LogP contribution in [-0.2, 0) is 0 Å². The van der Waals surface area contributed by atoms with E-state index in [9.17, 15) is 0 Å². The van der Waals surface area contributed by atoms with Gasteiger partial charge in [0, 0.05) is 12.1 Å². The van der Waals surface area contributed by atoms with Crippen LogP contribution in [0.1, 0.15) is 13.8 Å². The summed E-state index contributed by atoms with van der Waals surface area (Å²) in [5.74, 6) is 1.80. The molecule has 0 spiro atoms. The molecule has 0 aliphatic carbocycles. The van der Waals surface area contributed by atoms with Gasteiger partial charge in [0.05, 0.1) is 19.5 Å². The molecular formula is C13H14N4O. The predicted molar refractivity (Wildman–Crippen MR) is 68.2 cm³/mol. The molecule has 0 saturated carbocycles. The Balaban J connectivity index is 2.39. The molecule has 0 saturated heterocycles. The van der Waals surface area contributed by atoms with Gasteiger partial charge in [0.1, 0.15) is 5.69 Å². The average Bonchev–Trinajstić information content (AvgIpc) is 2.39. The molecule has 0 atom stereocenters. The summed E-state index contributed by atoms with van der Waals surface area (Å²) in [6.45, 7) is 4.06. The molecule has 0 amide bonds. The molecule has 2 aromatic rings. The summed E-state index contributed by atoms with van der Waals surface area (Å²) in [4.78, 5) is 12.8. The molecule has 2 rings (SSSR count). The Morgan fingerprint density at radius 2 is 2.11 bits per heavy atom. The van der Waals surface area contributed by atoms with Crippen molar-refractivity contribution >= 4 is 5.82 Å². The first-order valence-electron chi connectivity index (χ1n) is 5.62. The molecule has 0 aromatic carbocycles. The van der Waals surface area contributed by atoms with Gasteiger partial charge in [-0.05, 0) is 19.9 Å². The Labute approximate surface area is 106 Å². The first-order valence-corrected chi connectivity index (χ1v) is 5.62. The van der Waals surface area contributed by atoms with Crippen LogP contribution in [-0.4, -0.2) is 28.1 Å². The topological polar surface area (TPSA) is 59.9 Å². The van der Waals surface area contributed by atoms with Gasteiger partial charge in [-0.15, -0.1) is 0 Å². The molecule has 2 heterocycles. The van der Waals surface area contributed by atoms with Gasteiger partial charge in [0.2, 0.25) is 0 Å². The lowest BCUT2D eigenvalue weighted by Crippen LogP contribution is -2.13. The van der Waals surface area contributed by atoms with Crippen molar-refractivity contribution in [2.45, 2.75) is 19.9 Å². The van der Waals surface area contributed by atoms with E-state index >= 15 is 0 Å². The third-order valence-electron chi connectivity index (χ3n) is 2.19. The fraction of sp³-hybridized carbons (Fsp3) is 0.308. The number of anilines is 1. The molecule has 5 heteroatoms. The van der Waals surface area contributed by atoms with E-state index in [1.807, 2.05) is 13.8 Å². The monoisotopic (exact) mass is 242 g/mol. The Morgan fingerprint density at radius 3 is 2.72 bits per heavy atom. The summed E-state index contributed by atoms with van der Waals surface area (Å²) < 4.78 is 5.22. The second kappa shape index (κ2) is 5.32. The maximum Gasteiger partial charge on any atom is 0.181 e. The van der Waals surface area contributed by atoms with Gasteiger partial charge in [0.25, 0.3) is 0 Å². The van der Waals surface area contributed by atoms with Crippen LogP contribution in [0, 0.1) is 12.1 Å². The zero-order valence-electron chi connectivity index (χ0n) is 10.6. The summed E-state index contributed by atoms with van der Waals surface area (Å²) >= 11 is 0. The van der Waals surface area contributed by atoms with Crippen molar-refractivity contribution in [1.29, 1.82) is 0 Å². The SMILES string of the molecule is COc1cnc(-c2cc#ccn2)nc1NC(C)C. The molecule has 0 aliphatic heterocycles. The van der Waals surface area contributed by atoms with Crippen molar-refractivity contribution in [3.8, 4) is 17.3 Å². The number of nitrogens with zero attached hydrogens (tertiary/aromatic N) is 3. The summed E-state index contributed by atoms with van der Waals surface area (Å²) in [6.07, 6.45) is 3.17. The fourth-order valence-corrected chi connectivity index (χ4v) is 1.43. The Bertz CT molecular complexity index is 514. The highest BCUT2D eigenvalue weighted by atomic mass is 16.5. The molecule has 5 nitrogen and oxygen atoms in total. The van der Waals surface area contributed by atoms with Gasteiger partial charge in [-0.2, -0.15) is 0 Å². The first-order chi connectivity index (χ1) is 8.70. The lowest BCUT2D eigenvalue weighted by Gasteiger charge is -2.13. The van der Waals surface area contributed by atoms with Crippen LogP contribution < -0.4 is 10.1 Å². The molecule has 18 heavy (non-hydrogen) atoms. The van der Waals surface area contributed by atoms with E-state index in [2.05, 4.69) is 32.4 Å². The molecule has 2 aromatic heterocycles. The Kier molecular flexibility index (Phi) is 3.58. The number of nitrogens with one attached hydrogen (secondary N) is 1. The quantitative estimate of drug-likeness (QED) is 0.888. The number of aromatic nitrogens is 3. The van der Waals surface area contributed by atoms with Gasteiger partial charge < -0.3 is 10.1 Å². The van der Waals surface area contributed by atoms with Gasteiger partial charge in [0.15, 0.2) is 17.4 Å². The highest BCUT2D eigenvalue weighted by Crippen LogP contribution is 2.23. The summed E-state index contributed by atoms with van der Waals surface area (Å²) in [5.41, 5.74) is 0.656. The molecule has 0 unspecified atom stereocenters. The van der Waals surface area contributed by atoms with E-state index in [4.69, 9.17) is 4.74 Å². The first kappa shape index (κ1) is 12.1. The van der Waals surface area contributed by atoms with Crippen LogP contribution in [0.3, 0.4) is 0 Å². The largest absolute Gasteiger partial charge is 0.491 e. The second-order valence-electron chi connectivity index (χ2n) is 3.99.